The van der Waals surface area contributed by atoms with E-state index in [2.05, 4.69) is 34.2 Å². The topological polar surface area (TPSA) is 41.9 Å². The lowest BCUT2D eigenvalue weighted by Gasteiger charge is -2.41. The van der Waals surface area contributed by atoms with Gasteiger partial charge in [-0.25, -0.2) is 0 Å². The minimum atomic E-state index is 0.0873. The fourth-order valence-electron chi connectivity index (χ4n) is 4.04. The van der Waals surface area contributed by atoms with E-state index in [1.165, 1.54) is 32.4 Å². The average Bonchev–Trinajstić information content (AvgIpc) is 2.58. The molecule has 4 nitrogen and oxygen atoms in total. The Morgan fingerprint density at radius 1 is 1.08 bits per heavy atom. The van der Waals surface area contributed by atoms with Crippen molar-refractivity contribution in [1.82, 2.24) is 4.90 Å². The van der Waals surface area contributed by atoms with Gasteiger partial charge in [-0.05, 0) is 61.9 Å². The molecule has 0 radical (unpaired) electrons. The summed E-state index contributed by atoms with van der Waals surface area (Å²) in [5.74, 6) is 1.28. The third-order valence-corrected chi connectivity index (χ3v) is 6.03. The van der Waals surface area contributed by atoms with E-state index in [4.69, 9.17) is 4.74 Å². The zero-order chi connectivity index (χ0) is 17.2. The second kappa shape index (κ2) is 7.28. The SMILES string of the molecule is CC1CC(c2ccc(OC3CCN(C4CCC4)CC3)cc2)=NCC1=O. The summed E-state index contributed by atoms with van der Waals surface area (Å²) in [6, 6.07) is 9.13. The molecule has 4 rings (SSSR count). The van der Waals surface area contributed by atoms with Gasteiger partial charge in [-0.3, -0.25) is 9.79 Å². The average molecular weight is 340 g/mol. The molecule has 25 heavy (non-hydrogen) atoms. The Hall–Kier alpha value is -1.68. The van der Waals surface area contributed by atoms with E-state index in [1.54, 1.807) is 0 Å². The number of piperidine rings is 1. The zero-order valence-corrected chi connectivity index (χ0v) is 15.1. The second-order valence-corrected chi connectivity index (χ2v) is 7.80. The number of rotatable bonds is 4. The molecule has 0 spiro atoms. The summed E-state index contributed by atoms with van der Waals surface area (Å²) >= 11 is 0. The summed E-state index contributed by atoms with van der Waals surface area (Å²) in [5.41, 5.74) is 2.17. The van der Waals surface area contributed by atoms with E-state index in [9.17, 15) is 4.79 Å². The quantitative estimate of drug-likeness (QED) is 0.843. The molecule has 1 saturated carbocycles. The van der Waals surface area contributed by atoms with E-state index in [0.29, 0.717) is 12.6 Å². The second-order valence-electron chi connectivity index (χ2n) is 7.80. The lowest BCUT2D eigenvalue weighted by molar-refractivity contribution is -0.121. The van der Waals surface area contributed by atoms with Crippen molar-refractivity contribution in [2.45, 2.75) is 57.6 Å². The summed E-state index contributed by atoms with van der Waals surface area (Å²) in [7, 11) is 0. The predicted molar refractivity (Wildman–Crippen MR) is 99.5 cm³/mol. The highest BCUT2D eigenvalue weighted by atomic mass is 16.5. The number of carbonyl (C=O) groups is 1. The summed E-state index contributed by atoms with van der Waals surface area (Å²) in [6.45, 7) is 4.67. The van der Waals surface area contributed by atoms with Crippen LogP contribution in [0.15, 0.2) is 29.3 Å². The van der Waals surface area contributed by atoms with Crippen LogP contribution in [0.4, 0.5) is 0 Å². The Bertz CT molecular complexity index is 640. The van der Waals surface area contributed by atoms with Crippen LogP contribution in [0.2, 0.25) is 0 Å². The highest BCUT2D eigenvalue weighted by Gasteiger charge is 2.29. The number of Topliss-reactive ketones (excluding diaryl/α,β-unsaturated/α-hetero) is 1. The lowest BCUT2D eigenvalue weighted by atomic mass is 9.90. The van der Waals surface area contributed by atoms with Crippen LogP contribution in [0, 0.1) is 5.92 Å². The maximum Gasteiger partial charge on any atom is 0.157 e. The summed E-state index contributed by atoms with van der Waals surface area (Å²) in [6.07, 6.45) is 7.54. The van der Waals surface area contributed by atoms with Crippen molar-refractivity contribution < 1.29 is 9.53 Å². The first-order valence-electron chi connectivity index (χ1n) is 9.76. The van der Waals surface area contributed by atoms with Crippen LogP contribution >= 0.6 is 0 Å². The Morgan fingerprint density at radius 3 is 2.40 bits per heavy atom. The molecule has 0 amide bonds. The number of ketones is 1. The van der Waals surface area contributed by atoms with Gasteiger partial charge >= 0.3 is 0 Å². The molecule has 4 heteroatoms. The zero-order valence-electron chi connectivity index (χ0n) is 15.1. The van der Waals surface area contributed by atoms with Gasteiger partial charge in [-0.15, -0.1) is 0 Å². The Morgan fingerprint density at radius 2 is 1.80 bits per heavy atom. The number of hydrogen-bond donors (Lipinski definition) is 0. The van der Waals surface area contributed by atoms with Crippen LogP contribution in [-0.4, -0.2) is 48.2 Å². The molecule has 2 fully saturated rings. The minimum absolute atomic E-state index is 0.0873. The molecular weight excluding hydrogens is 312 g/mol. The van der Waals surface area contributed by atoms with Gasteiger partial charge < -0.3 is 9.64 Å². The van der Waals surface area contributed by atoms with Crippen molar-refractivity contribution in [2.75, 3.05) is 19.6 Å². The Kier molecular flexibility index (Phi) is 4.89. The molecule has 134 valence electrons. The lowest BCUT2D eigenvalue weighted by Crippen LogP contribution is -2.46. The number of ether oxygens (including phenoxy) is 1. The van der Waals surface area contributed by atoms with E-state index in [1.807, 2.05) is 6.92 Å². The molecule has 1 atom stereocenters. The van der Waals surface area contributed by atoms with Gasteiger partial charge in [-0.2, -0.15) is 0 Å². The van der Waals surface area contributed by atoms with Gasteiger partial charge in [0.2, 0.25) is 0 Å². The van der Waals surface area contributed by atoms with Gasteiger partial charge in [0, 0.05) is 30.8 Å². The van der Waals surface area contributed by atoms with E-state index in [0.717, 1.165) is 42.3 Å². The maximum absolute atomic E-state index is 11.6. The summed E-state index contributed by atoms with van der Waals surface area (Å²) in [5, 5.41) is 0. The fraction of sp³-hybridized carbons (Fsp3) is 0.619. The number of carbonyl (C=O) groups excluding carboxylic acids is 1. The monoisotopic (exact) mass is 340 g/mol. The molecule has 0 bridgehead atoms. The first-order chi connectivity index (χ1) is 12.2. The maximum atomic E-state index is 11.6. The first-order valence-corrected chi connectivity index (χ1v) is 9.76. The van der Waals surface area contributed by atoms with Gasteiger partial charge in [0.15, 0.2) is 5.78 Å². The van der Waals surface area contributed by atoms with Gasteiger partial charge in [0.1, 0.15) is 11.9 Å². The third-order valence-electron chi connectivity index (χ3n) is 6.03. The van der Waals surface area contributed by atoms with Crippen molar-refractivity contribution in [1.29, 1.82) is 0 Å². The normalized spacial score (nSPS) is 26.2. The van der Waals surface area contributed by atoms with Crippen molar-refractivity contribution in [3.63, 3.8) is 0 Å². The predicted octanol–water partition coefficient (Wildman–Crippen LogP) is 3.48. The summed E-state index contributed by atoms with van der Waals surface area (Å²) in [4.78, 5) is 18.7. The molecule has 1 unspecified atom stereocenters. The van der Waals surface area contributed by atoms with E-state index < -0.39 is 0 Å². The van der Waals surface area contributed by atoms with Crippen molar-refractivity contribution in [3.8, 4) is 5.75 Å². The standard InChI is InChI=1S/C21H28N2O2/c1-15-13-20(22-14-21(15)24)16-5-7-18(8-6-16)25-19-9-11-23(12-10-19)17-3-2-4-17/h5-8,15,17,19H,2-4,9-14H2,1H3. The van der Waals surface area contributed by atoms with E-state index in [-0.39, 0.29) is 11.7 Å². The first kappa shape index (κ1) is 16.8. The van der Waals surface area contributed by atoms with Crippen LogP contribution in [-0.2, 0) is 4.79 Å². The van der Waals surface area contributed by atoms with Gasteiger partial charge in [0.05, 0.1) is 6.54 Å². The third kappa shape index (κ3) is 3.79. The smallest absolute Gasteiger partial charge is 0.157 e. The molecule has 1 aromatic rings. The number of hydrogen-bond acceptors (Lipinski definition) is 4. The molecule has 1 aliphatic carbocycles. The van der Waals surface area contributed by atoms with Crippen molar-refractivity contribution >= 4 is 11.5 Å². The van der Waals surface area contributed by atoms with Crippen LogP contribution in [0.3, 0.4) is 0 Å². The molecule has 0 N–H and O–H groups in total. The molecule has 1 aromatic carbocycles. The van der Waals surface area contributed by atoms with Crippen molar-refractivity contribution in [2.24, 2.45) is 10.9 Å². The highest BCUT2D eigenvalue weighted by Crippen LogP contribution is 2.28. The Labute approximate surface area is 150 Å². The minimum Gasteiger partial charge on any atom is -0.490 e. The molecule has 0 aromatic heterocycles. The van der Waals surface area contributed by atoms with Crippen LogP contribution < -0.4 is 4.74 Å². The van der Waals surface area contributed by atoms with Crippen molar-refractivity contribution in [3.05, 3.63) is 29.8 Å². The summed E-state index contributed by atoms with van der Waals surface area (Å²) < 4.78 is 6.19. The molecule has 2 heterocycles. The Balaban J connectivity index is 1.31. The number of benzene rings is 1. The molecule has 1 saturated heterocycles. The van der Waals surface area contributed by atoms with Gasteiger partial charge in [-0.1, -0.05) is 13.3 Å². The largest absolute Gasteiger partial charge is 0.490 e. The number of likely N-dealkylation sites (tertiary alicyclic amines) is 1. The number of nitrogens with zero attached hydrogens (tertiary/aromatic N) is 2. The van der Waals surface area contributed by atoms with Crippen LogP contribution in [0.1, 0.15) is 51.0 Å². The number of aliphatic imine (C=N–C) groups is 1. The fourth-order valence-corrected chi connectivity index (χ4v) is 4.04. The van der Waals surface area contributed by atoms with Crippen LogP contribution in [0.25, 0.3) is 0 Å². The van der Waals surface area contributed by atoms with Gasteiger partial charge in [0.25, 0.3) is 0 Å². The molecular formula is C21H28N2O2. The van der Waals surface area contributed by atoms with Crippen LogP contribution in [0.5, 0.6) is 5.75 Å². The van der Waals surface area contributed by atoms with E-state index >= 15 is 0 Å². The molecule has 2 aliphatic heterocycles. The molecule has 3 aliphatic rings. The highest BCUT2D eigenvalue weighted by molar-refractivity contribution is 6.06.